The van der Waals surface area contributed by atoms with Crippen molar-refractivity contribution >= 4 is 34.5 Å². The summed E-state index contributed by atoms with van der Waals surface area (Å²) in [4.78, 5) is 23.1. The first-order chi connectivity index (χ1) is 10.0. The Morgan fingerprint density at radius 2 is 1.86 bits per heavy atom. The summed E-state index contributed by atoms with van der Waals surface area (Å²) >= 11 is 1.54. The van der Waals surface area contributed by atoms with E-state index in [1.807, 2.05) is 17.7 Å². The highest BCUT2D eigenvalue weighted by atomic mass is 32.1. The van der Waals surface area contributed by atoms with E-state index in [0.717, 1.165) is 11.1 Å². The highest BCUT2D eigenvalue weighted by Crippen LogP contribution is 2.32. The van der Waals surface area contributed by atoms with Crippen LogP contribution in [0.4, 0.5) is 11.4 Å². The quantitative estimate of drug-likeness (QED) is 0.745. The third-order valence-electron chi connectivity index (χ3n) is 3.42. The molecule has 1 aliphatic heterocycles. The summed E-state index contributed by atoms with van der Waals surface area (Å²) in [6.07, 6.45) is -0.951. The molecule has 2 amide bonds. The standard InChI is InChI=1S/C15H14N2O3S/c1-8-6-21-7-10(8)15(20)9-2-3-11-12(4-9)17-14(19)5-13(18)16-11/h2-4,6-7,15,20H,5H2,1H3,(H,16,18)(H,17,19). The Morgan fingerprint density at radius 3 is 2.52 bits per heavy atom. The normalized spacial score (nSPS) is 15.7. The van der Waals surface area contributed by atoms with Crippen molar-refractivity contribution in [3.63, 3.8) is 0 Å². The predicted octanol–water partition coefficient (Wildman–Crippen LogP) is 2.42. The number of thiophene rings is 1. The summed E-state index contributed by atoms with van der Waals surface area (Å²) in [6, 6.07) is 5.14. The lowest BCUT2D eigenvalue weighted by atomic mass is 10.0. The van der Waals surface area contributed by atoms with Crippen molar-refractivity contribution in [3.8, 4) is 0 Å². The maximum absolute atomic E-state index is 11.6. The second kappa shape index (κ2) is 5.31. The third-order valence-corrected chi connectivity index (χ3v) is 4.30. The van der Waals surface area contributed by atoms with Crippen molar-refractivity contribution in [2.24, 2.45) is 0 Å². The molecule has 1 atom stereocenters. The number of aliphatic hydroxyl groups is 1. The lowest BCUT2D eigenvalue weighted by Gasteiger charge is -2.14. The van der Waals surface area contributed by atoms with E-state index in [9.17, 15) is 14.7 Å². The Labute approximate surface area is 125 Å². The first-order valence-corrected chi connectivity index (χ1v) is 7.43. The summed E-state index contributed by atoms with van der Waals surface area (Å²) in [7, 11) is 0. The average molecular weight is 302 g/mol. The van der Waals surface area contributed by atoms with Crippen molar-refractivity contribution in [1.82, 2.24) is 0 Å². The van der Waals surface area contributed by atoms with E-state index >= 15 is 0 Å². The molecule has 1 unspecified atom stereocenters. The molecular weight excluding hydrogens is 288 g/mol. The molecule has 5 nitrogen and oxygen atoms in total. The molecule has 1 aliphatic rings. The Bertz CT molecular complexity index is 723. The average Bonchev–Trinajstić information content (AvgIpc) is 2.79. The van der Waals surface area contributed by atoms with Crippen LogP contribution in [-0.4, -0.2) is 16.9 Å². The van der Waals surface area contributed by atoms with Gasteiger partial charge in [0.05, 0.1) is 11.4 Å². The van der Waals surface area contributed by atoms with Crippen molar-refractivity contribution < 1.29 is 14.7 Å². The number of benzene rings is 1. The molecule has 1 aromatic heterocycles. The van der Waals surface area contributed by atoms with Gasteiger partial charge >= 0.3 is 0 Å². The number of anilines is 2. The number of hydrogen-bond donors (Lipinski definition) is 3. The highest BCUT2D eigenvalue weighted by Gasteiger charge is 2.20. The largest absolute Gasteiger partial charge is 0.384 e. The van der Waals surface area contributed by atoms with Gasteiger partial charge in [-0.1, -0.05) is 6.07 Å². The molecule has 1 aromatic carbocycles. The number of hydrogen-bond acceptors (Lipinski definition) is 4. The van der Waals surface area contributed by atoms with Crippen LogP contribution in [0, 0.1) is 6.92 Å². The van der Waals surface area contributed by atoms with Crippen molar-refractivity contribution in [1.29, 1.82) is 0 Å². The van der Waals surface area contributed by atoms with Gasteiger partial charge in [-0.2, -0.15) is 11.3 Å². The summed E-state index contributed by atoms with van der Waals surface area (Å²) in [6.45, 7) is 1.94. The molecule has 0 saturated carbocycles. The van der Waals surface area contributed by atoms with Gasteiger partial charge in [0, 0.05) is 0 Å². The van der Waals surface area contributed by atoms with Crippen LogP contribution in [0.5, 0.6) is 0 Å². The topological polar surface area (TPSA) is 78.4 Å². The summed E-state index contributed by atoms with van der Waals surface area (Å²) < 4.78 is 0. The fourth-order valence-corrected chi connectivity index (χ4v) is 3.18. The fourth-order valence-electron chi connectivity index (χ4n) is 2.31. The molecule has 0 spiro atoms. The highest BCUT2D eigenvalue weighted by molar-refractivity contribution is 7.08. The molecule has 21 heavy (non-hydrogen) atoms. The number of amides is 2. The van der Waals surface area contributed by atoms with Crippen molar-refractivity contribution in [2.45, 2.75) is 19.4 Å². The number of nitrogens with one attached hydrogen (secondary N) is 2. The maximum atomic E-state index is 11.6. The zero-order valence-electron chi connectivity index (χ0n) is 11.3. The van der Waals surface area contributed by atoms with Crippen LogP contribution >= 0.6 is 11.3 Å². The van der Waals surface area contributed by atoms with E-state index in [-0.39, 0.29) is 18.2 Å². The minimum Gasteiger partial charge on any atom is -0.384 e. The molecule has 0 fully saturated rings. The Balaban J connectivity index is 1.98. The zero-order valence-corrected chi connectivity index (χ0v) is 12.2. The fraction of sp³-hybridized carbons (Fsp3) is 0.200. The van der Waals surface area contributed by atoms with Gasteiger partial charge in [0.25, 0.3) is 0 Å². The molecule has 2 heterocycles. The number of aryl methyl sites for hydroxylation is 1. The number of carbonyl (C=O) groups excluding carboxylic acids is 2. The number of carbonyl (C=O) groups is 2. The Morgan fingerprint density at radius 1 is 1.14 bits per heavy atom. The molecule has 0 saturated heterocycles. The van der Waals surface area contributed by atoms with Gasteiger partial charge in [0.2, 0.25) is 11.8 Å². The van der Waals surface area contributed by atoms with Crippen LogP contribution in [-0.2, 0) is 9.59 Å². The minimum absolute atomic E-state index is 0.198. The zero-order chi connectivity index (χ0) is 15.0. The van der Waals surface area contributed by atoms with Gasteiger partial charge in [-0.3, -0.25) is 9.59 Å². The van der Waals surface area contributed by atoms with E-state index in [1.165, 1.54) is 11.3 Å². The van der Waals surface area contributed by atoms with Crippen LogP contribution in [0.2, 0.25) is 0 Å². The number of fused-ring (bicyclic) bond motifs is 1. The molecule has 6 heteroatoms. The molecule has 0 radical (unpaired) electrons. The van der Waals surface area contributed by atoms with E-state index in [0.29, 0.717) is 16.9 Å². The summed E-state index contributed by atoms with van der Waals surface area (Å²) in [5.74, 6) is -0.696. The molecule has 0 bridgehead atoms. The molecular formula is C15H14N2O3S. The first kappa shape index (κ1) is 13.8. The summed E-state index contributed by atoms with van der Waals surface area (Å²) in [5, 5.41) is 19.7. The Hall–Kier alpha value is -2.18. The maximum Gasteiger partial charge on any atom is 0.233 e. The SMILES string of the molecule is Cc1cscc1C(O)c1ccc2c(c1)NC(=O)CC(=O)N2. The number of aliphatic hydroxyl groups excluding tert-OH is 1. The van der Waals surface area contributed by atoms with Crippen LogP contribution in [0.3, 0.4) is 0 Å². The lowest BCUT2D eigenvalue weighted by molar-refractivity contribution is -0.123. The van der Waals surface area contributed by atoms with Gasteiger partial charge in [0.15, 0.2) is 0 Å². The molecule has 2 aromatic rings. The van der Waals surface area contributed by atoms with Crippen molar-refractivity contribution in [2.75, 3.05) is 10.6 Å². The van der Waals surface area contributed by atoms with E-state index in [4.69, 9.17) is 0 Å². The van der Waals surface area contributed by atoms with Gasteiger partial charge in [0.1, 0.15) is 12.5 Å². The van der Waals surface area contributed by atoms with E-state index < -0.39 is 6.10 Å². The van der Waals surface area contributed by atoms with Gasteiger partial charge < -0.3 is 15.7 Å². The molecule has 3 rings (SSSR count). The minimum atomic E-state index is -0.752. The van der Waals surface area contributed by atoms with Crippen LogP contribution in [0.1, 0.15) is 29.2 Å². The van der Waals surface area contributed by atoms with E-state index in [1.54, 1.807) is 18.2 Å². The van der Waals surface area contributed by atoms with Crippen LogP contribution in [0.15, 0.2) is 29.0 Å². The number of rotatable bonds is 2. The molecule has 3 N–H and O–H groups in total. The second-order valence-corrected chi connectivity index (χ2v) is 5.73. The smallest absolute Gasteiger partial charge is 0.233 e. The van der Waals surface area contributed by atoms with Crippen LogP contribution < -0.4 is 10.6 Å². The lowest BCUT2D eigenvalue weighted by Crippen LogP contribution is -2.16. The molecule has 0 aliphatic carbocycles. The summed E-state index contributed by atoms with van der Waals surface area (Å²) in [5.41, 5.74) is 3.61. The van der Waals surface area contributed by atoms with E-state index in [2.05, 4.69) is 10.6 Å². The third kappa shape index (κ3) is 2.68. The monoisotopic (exact) mass is 302 g/mol. The van der Waals surface area contributed by atoms with Gasteiger partial charge in [-0.25, -0.2) is 0 Å². The van der Waals surface area contributed by atoms with Crippen molar-refractivity contribution in [3.05, 3.63) is 45.6 Å². The van der Waals surface area contributed by atoms with Crippen LogP contribution in [0.25, 0.3) is 0 Å². The second-order valence-electron chi connectivity index (χ2n) is 4.99. The first-order valence-electron chi connectivity index (χ1n) is 6.49. The van der Waals surface area contributed by atoms with Gasteiger partial charge in [-0.15, -0.1) is 0 Å². The predicted molar refractivity (Wildman–Crippen MR) is 81.4 cm³/mol. The van der Waals surface area contributed by atoms with Gasteiger partial charge in [-0.05, 0) is 46.5 Å². The Kier molecular flexibility index (Phi) is 3.48. The molecule has 108 valence electrons.